The lowest BCUT2D eigenvalue weighted by Crippen LogP contribution is -2.27. The Balaban J connectivity index is 2.47. The number of aromatic nitrogens is 3. The Morgan fingerprint density at radius 3 is 3.08 bits per heavy atom. The molecule has 66 valence electrons. The van der Waals surface area contributed by atoms with E-state index in [2.05, 4.69) is 31.1 Å². The number of amides is 1. The van der Waals surface area contributed by atoms with Gasteiger partial charge in [0.2, 0.25) is 5.91 Å². The van der Waals surface area contributed by atoms with Gasteiger partial charge in [-0.05, 0) is 0 Å². The SMILES string of the molecule is CN(Cc1ncn[nH]1)C(=O)CBr. The van der Waals surface area contributed by atoms with Gasteiger partial charge in [0.05, 0.1) is 11.9 Å². The minimum absolute atomic E-state index is 0.0198. The van der Waals surface area contributed by atoms with Gasteiger partial charge in [-0.3, -0.25) is 9.89 Å². The Labute approximate surface area is 78.3 Å². The quantitative estimate of drug-likeness (QED) is 0.756. The lowest BCUT2D eigenvalue weighted by Gasteiger charge is -2.12. The van der Waals surface area contributed by atoms with Crippen LogP contribution in [0.4, 0.5) is 0 Å². The first-order valence-electron chi connectivity index (χ1n) is 3.38. The van der Waals surface area contributed by atoms with Crippen LogP contribution in [0, 0.1) is 0 Å². The minimum Gasteiger partial charge on any atom is -0.338 e. The first-order valence-corrected chi connectivity index (χ1v) is 4.50. The summed E-state index contributed by atoms with van der Waals surface area (Å²) in [7, 11) is 1.71. The van der Waals surface area contributed by atoms with Gasteiger partial charge in [-0.25, -0.2) is 4.98 Å². The van der Waals surface area contributed by atoms with E-state index >= 15 is 0 Å². The van der Waals surface area contributed by atoms with Gasteiger partial charge in [0, 0.05) is 7.05 Å². The number of halogens is 1. The van der Waals surface area contributed by atoms with E-state index in [-0.39, 0.29) is 5.91 Å². The van der Waals surface area contributed by atoms with Crippen molar-refractivity contribution >= 4 is 21.8 Å². The van der Waals surface area contributed by atoms with Crippen molar-refractivity contribution in [1.82, 2.24) is 20.1 Å². The summed E-state index contributed by atoms with van der Waals surface area (Å²) in [6, 6.07) is 0. The van der Waals surface area contributed by atoms with Gasteiger partial charge in [-0.2, -0.15) is 5.10 Å². The molecule has 1 rings (SSSR count). The van der Waals surface area contributed by atoms with Crippen LogP contribution in [0.25, 0.3) is 0 Å². The number of hydrogen-bond acceptors (Lipinski definition) is 3. The second-order valence-corrected chi connectivity index (χ2v) is 2.88. The molecule has 0 radical (unpaired) electrons. The second-order valence-electron chi connectivity index (χ2n) is 2.32. The Morgan fingerprint density at radius 1 is 1.83 bits per heavy atom. The third kappa shape index (κ3) is 2.30. The zero-order chi connectivity index (χ0) is 8.97. The number of carbonyl (C=O) groups excluding carboxylic acids is 1. The summed E-state index contributed by atoms with van der Waals surface area (Å²) in [4.78, 5) is 16.5. The number of nitrogens with one attached hydrogen (secondary N) is 1. The van der Waals surface area contributed by atoms with Crippen molar-refractivity contribution in [3.63, 3.8) is 0 Å². The van der Waals surface area contributed by atoms with Gasteiger partial charge < -0.3 is 4.90 Å². The monoisotopic (exact) mass is 232 g/mol. The lowest BCUT2D eigenvalue weighted by molar-refractivity contribution is -0.127. The number of hydrogen-bond donors (Lipinski definition) is 1. The zero-order valence-corrected chi connectivity index (χ0v) is 8.21. The van der Waals surface area contributed by atoms with Crippen LogP contribution in [-0.4, -0.2) is 38.4 Å². The minimum atomic E-state index is 0.0198. The molecule has 1 heterocycles. The highest BCUT2D eigenvalue weighted by molar-refractivity contribution is 9.09. The maximum Gasteiger partial charge on any atom is 0.233 e. The molecule has 0 saturated heterocycles. The normalized spacial score (nSPS) is 9.83. The van der Waals surface area contributed by atoms with E-state index in [4.69, 9.17) is 0 Å². The molecular formula is C6H9BrN4O. The Morgan fingerprint density at radius 2 is 2.58 bits per heavy atom. The molecule has 0 atom stereocenters. The fourth-order valence-corrected chi connectivity index (χ4v) is 1.15. The number of aromatic amines is 1. The fourth-order valence-electron chi connectivity index (χ4n) is 0.722. The summed E-state index contributed by atoms with van der Waals surface area (Å²) < 4.78 is 0. The molecular weight excluding hydrogens is 224 g/mol. The molecule has 0 aliphatic carbocycles. The highest BCUT2D eigenvalue weighted by atomic mass is 79.9. The highest BCUT2D eigenvalue weighted by Gasteiger charge is 2.07. The molecule has 12 heavy (non-hydrogen) atoms. The molecule has 0 unspecified atom stereocenters. The van der Waals surface area contributed by atoms with E-state index in [0.717, 1.165) is 0 Å². The van der Waals surface area contributed by atoms with Crippen molar-refractivity contribution in [2.45, 2.75) is 6.54 Å². The number of alkyl halides is 1. The lowest BCUT2D eigenvalue weighted by atomic mass is 10.5. The van der Waals surface area contributed by atoms with Crippen LogP contribution in [0.2, 0.25) is 0 Å². The van der Waals surface area contributed by atoms with Crippen LogP contribution in [0.5, 0.6) is 0 Å². The topological polar surface area (TPSA) is 61.9 Å². The van der Waals surface area contributed by atoms with Gasteiger partial charge in [-0.15, -0.1) is 0 Å². The van der Waals surface area contributed by atoms with Crippen molar-refractivity contribution in [1.29, 1.82) is 0 Å². The third-order valence-corrected chi connectivity index (χ3v) is 1.87. The van der Waals surface area contributed by atoms with E-state index in [0.29, 0.717) is 17.7 Å². The molecule has 1 aromatic rings. The van der Waals surface area contributed by atoms with Crippen LogP contribution in [0.15, 0.2) is 6.33 Å². The summed E-state index contributed by atoms with van der Waals surface area (Å²) >= 11 is 3.08. The first kappa shape index (κ1) is 9.18. The maximum absolute atomic E-state index is 11.1. The molecule has 0 aromatic carbocycles. The largest absolute Gasteiger partial charge is 0.338 e. The second kappa shape index (κ2) is 4.20. The van der Waals surface area contributed by atoms with Crippen molar-refractivity contribution in [2.75, 3.05) is 12.4 Å². The Kier molecular flexibility index (Phi) is 3.21. The van der Waals surface area contributed by atoms with Crippen molar-refractivity contribution in [2.24, 2.45) is 0 Å². The Hall–Kier alpha value is -0.910. The number of nitrogens with zero attached hydrogens (tertiary/aromatic N) is 3. The van der Waals surface area contributed by atoms with Gasteiger partial charge in [-0.1, -0.05) is 15.9 Å². The molecule has 5 nitrogen and oxygen atoms in total. The summed E-state index contributed by atoms with van der Waals surface area (Å²) in [6.45, 7) is 0.463. The molecule has 0 aliphatic rings. The average Bonchev–Trinajstić information content (AvgIpc) is 2.55. The summed E-state index contributed by atoms with van der Waals surface area (Å²) in [5.74, 6) is 0.707. The molecule has 1 amide bonds. The maximum atomic E-state index is 11.1. The van der Waals surface area contributed by atoms with Crippen LogP contribution in [0.1, 0.15) is 5.82 Å². The molecule has 0 fully saturated rings. The smallest absolute Gasteiger partial charge is 0.233 e. The third-order valence-electron chi connectivity index (χ3n) is 1.39. The molecule has 6 heteroatoms. The summed E-state index contributed by atoms with van der Waals surface area (Å²) in [6.07, 6.45) is 1.42. The molecule has 1 aromatic heterocycles. The number of H-pyrrole nitrogens is 1. The van der Waals surface area contributed by atoms with Gasteiger partial charge >= 0.3 is 0 Å². The van der Waals surface area contributed by atoms with E-state index in [1.165, 1.54) is 6.33 Å². The van der Waals surface area contributed by atoms with Gasteiger partial charge in [0.1, 0.15) is 12.2 Å². The first-order chi connectivity index (χ1) is 5.74. The van der Waals surface area contributed by atoms with Crippen molar-refractivity contribution < 1.29 is 4.79 Å². The number of rotatable bonds is 3. The van der Waals surface area contributed by atoms with Crippen LogP contribution < -0.4 is 0 Å². The molecule has 0 bridgehead atoms. The average molecular weight is 233 g/mol. The van der Waals surface area contributed by atoms with E-state index < -0.39 is 0 Å². The zero-order valence-electron chi connectivity index (χ0n) is 6.62. The molecule has 0 spiro atoms. The Bertz CT molecular complexity index is 248. The van der Waals surface area contributed by atoms with Crippen LogP contribution in [-0.2, 0) is 11.3 Å². The molecule has 1 N–H and O–H groups in total. The van der Waals surface area contributed by atoms with Crippen molar-refractivity contribution in [3.05, 3.63) is 12.2 Å². The number of carbonyl (C=O) groups is 1. The van der Waals surface area contributed by atoms with Crippen molar-refractivity contribution in [3.8, 4) is 0 Å². The fraction of sp³-hybridized carbons (Fsp3) is 0.500. The summed E-state index contributed by atoms with van der Waals surface area (Å²) in [5, 5.41) is 6.68. The molecule has 0 aliphatic heterocycles. The van der Waals surface area contributed by atoms with Crippen LogP contribution in [0.3, 0.4) is 0 Å². The van der Waals surface area contributed by atoms with E-state index in [1.807, 2.05) is 0 Å². The van der Waals surface area contributed by atoms with Crippen LogP contribution >= 0.6 is 15.9 Å². The van der Waals surface area contributed by atoms with Gasteiger partial charge in [0.15, 0.2) is 0 Å². The predicted octanol–water partition coefficient (Wildman–Crippen LogP) is 0.158. The standard InChI is InChI=1S/C6H9BrN4O/c1-11(6(12)2-7)3-5-8-4-9-10-5/h4H,2-3H2,1H3,(H,8,9,10). The highest BCUT2D eigenvalue weighted by Crippen LogP contribution is 1.96. The van der Waals surface area contributed by atoms with Gasteiger partial charge in [0.25, 0.3) is 0 Å². The van der Waals surface area contributed by atoms with E-state index in [9.17, 15) is 4.79 Å². The predicted molar refractivity (Wildman–Crippen MR) is 46.7 cm³/mol. The van der Waals surface area contributed by atoms with E-state index in [1.54, 1.807) is 11.9 Å². The molecule has 0 saturated carbocycles. The summed E-state index contributed by atoms with van der Waals surface area (Å²) in [5.41, 5.74) is 0.